The standard InChI is InChI=1S/C4H10N4Si/c1-9(2,3)8-7-4-5-6-4/h4H,1-3H3/b8-7+. The third-order valence-electron chi connectivity index (χ3n) is 0.680. The van der Waals surface area contributed by atoms with Crippen LogP contribution in [-0.4, -0.2) is 14.5 Å². The zero-order valence-corrected chi connectivity index (χ0v) is 6.87. The van der Waals surface area contributed by atoms with Gasteiger partial charge in [-0.3, -0.25) is 0 Å². The maximum atomic E-state index is 4.09. The summed E-state index contributed by atoms with van der Waals surface area (Å²) in [4.78, 5) is 0. The Labute approximate surface area is 55.2 Å². The van der Waals surface area contributed by atoms with Crippen LogP contribution in [0.2, 0.25) is 19.6 Å². The molecular weight excluding hydrogens is 132 g/mol. The molecule has 1 heterocycles. The first-order valence-electron chi connectivity index (χ1n) is 2.90. The van der Waals surface area contributed by atoms with Crippen LogP contribution < -0.4 is 0 Å². The van der Waals surface area contributed by atoms with Gasteiger partial charge in [-0.1, -0.05) is 0 Å². The van der Waals surface area contributed by atoms with E-state index in [2.05, 4.69) is 39.8 Å². The highest BCUT2D eigenvalue weighted by Gasteiger charge is 2.17. The molecule has 0 aromatic rings. The Hall–Kier alpha value is -0.583. The lowest BCUT2D eigenvalue weighted by molar-refractivity contribution is 0.916. The lowest BCUT2D eigenvalue weighted by atomic mass is 11.1. The summed E-state index contributed by atoms with van der Waals surface area (Å²) in [6, 6.07) is 0. The Morgan fingerprint density at radius 3 is 2.11 bits per heavy atom. The molecule has 0 saturated carbocycles. The fourth-order valence-electron chi connectivity index (χ4n) is 0.301. The molecule has 1 rings (SSSR count). The highest BCUT2D eigenvalue weighted by Crippen LogP contribution is 2.14. The highest BCUT2D eigenvalue weighted by atomic mass is 28.3. The van der Waals surface area contributed by atoms with Crippen LogP contribution in [0.4, 0.5) is 0 Å². The first-order chi connectivity index (χ1) is 4.08. The molecule has 0 aromatic heterocycles. The van der Waals surface area contributed by atoms with Gasteiger partial charge in [-0.15, -0.1) is 15.3 Å². The van der Waals surface area contributed by atoms with Crippen molar-refractivity contribution in [3.63, 3.8) is 0 Å². The van der Waals surface area contributed by atoms with E-state index in [0.717, 1.165) is 0 Å². The van der Waals surface area contributed by atoms with Gasteiger partial charge >= 0.3 is 0 Å². The SMILES string of the molecule is C[Si](C)(C)/N=N/C1N=N1. The summed E-state index contributed by atoms with van der Waals surface area (Å²) < 4.78 is 4.09. The van der Waals surface area contributed by atoms with Crippen molar-refractivity contribution in [2.45, 2.75) is 25.9 Å². The van der Waals surface area contributed by atoms with Crippen molar-refractivity contribution in [3.8, 4) is 0 Å². The summed E-state index contributed by atoms with van der Waals surface area (Å²) in [6.07, 6.45) is -0.142. The number of nitrogens with zero attached hydrogens (tertiary/aromatic N) is 4. The molecule has 0 bridgehead atoms. The van der Waals surface area contributed by atoms with Crippen molar-refractivity contribution in [3.05, 3.63) is 0 Å². The maximum Gasteiger partial charge on any atom is 0.287 e. The molecule has 0 atom stereocenters. The highest BCUT2D eigenvalue weighted by molar-refractivity contribution is 6.74. The zero-order valence-electron chi connectivity index (χ0n) is 5.87. The van der Waals surface area contributed by atoms with Gasteiger partial charge < -0.3 is 0 Å². The maximum absolute atomic E-state index is 4.09. The van der Waals surface area contributed by atoms with Gasteiger partial charge in [-0.05, 0) is 19.6 Å². The van der Waals surface area contributed by atoms with E-state index in [0.29, 0.717) is 0 Å². The third-order valence-corrected chi connectivity index (χ3v) is 1.40. The molecule has 0 aliphatic carbocycles. The van der Waals surface area contributed by atoms with Gasteiger partial charge in [-0.2, -0.15) is 0 Å². The molecule has 0 radical (unpaired) electrons. The Balaban J connectivity index is 2.30. The van der Waals surface area contributed by atoms with Gasteiger partial charge in [0.15, 0.2) is 8.24 Å². The molecule has 0 N–H and O–H groups in total. The van der Waals surface area contributed by atoms with Gasteiger partial charge in [-0.25, -0.2) is 4.78 Å². The molecule has 0 unspecified atom stereocenters. The van der Waals surface area contributed by atoms with Crippen LogP contribution >= 0.6 is 0 Å². The normalized spacial score (nSPS) is 19.4. The van der Waals surface area contributed by atoms with Gasteiger partial charge in [0, 0.05) is 0 Å². The Kier molecular flexibility index (Phi) is 1.44. The number of hydrogen-bond donors (Lipinski definition) is 0. The van der Waals surface area contributed by atoms with Crippen LogP contribution in [0, 0.1) is 0 Å². The van der Waals surface area contributed by atoms with Gasteiger partial charge in [0.25, 0.3) is 6.29 Å². The van der Waals surface area contributed by atoms with Crippen molar-refractivity contribution >= 4 is 8.24 Å². The van der Waals surface area contributed by atoms with Crippen molar-refractivity contribution in [2.75, 3.05) is 0 Å². The summed E-state index contributed by atoms with van der Waals surface area (Å²) >= 11 is 0. The van der Waals surface area contributed by atoms with Crippen molar-refractivity contribution in [2.24, 2.45) is 20.1 Å². The van der Waals surface area contributed by atoms with E-state index in [1.807, 2.05) is 0 Å². The Morgan fingerprint density at radius 1 is 1.22 bits per heavy atom. The van der Waals surface area contributed by atoms with Crippen molar-refractivity contribution in [1.29, 1.82) is 0 Å². The average molecular weight is 142 g/mol. The van der Waals surface area contributed by atoms with Crippen LogP contribution in [-0.2, 0) is 0 Å². The van der Waals surface area contributed by atoms with Crippen molar-refractivity contribution in [1.82, 2.24) is 0 Å². The van der Waals surface area contributed by atoms with Crippen molar-refractivity contribution < 1.29 is 0 Å². The minimum absolute atomic E-state index is 0.142. The molecule has 0 spiro atoms. The monoisotopic (exact) mass is 142 g/mol. The smallest absolute Gasteiger partial charge is 0.235 e. The summed E-state index contributed by atoms with van der Waals surface area (Å²) in [5.74, 6) is 0. The van der Waals surface area contributed by atoms with Gasteiger partial charge in [0.05, 0.1) is 0 Å². The van der Waals surface area contributed by atoms with E-state index < -0.39 is 8.24 Å². The fourth-order valence-corrected chi connectivity index (χ4v) is 0.751. The van der Waals surface area contributed by atoms with E-state index in [4.69, 9.17) is 0 Å². The second-order valence-corrected chi connectivity index (χ2v) is 7.51. The van der Waals surface area contributed by atoms with E-state index in [1.54, 1.807) is 0 Å². The van der Waals surface area contributed by atoms with E-state index >= 15 is 0 Å². The molecule has 0 amide bonds. The average Bonchev–Trinajstić information content (AvgIpc) is 2.38. The predicted molar refractivity (Wildman–Crippen MR) is 36.8 cm³/mol. The topological polar surface area (TPSA) is 49.4 Å². The molecule has 0 saturated heterocycles. The molecule has 9 heavy (non-hydrogen) atoms. The van der Waals surface area contributed by atoms with Gasteiger partial charge in [0.1, 0.15) is 0 Å². The largest absolute Gasteiger partial charge is 0.287 e. The quantitative estimate of drug-likeness (QED) is 0.418. The Bertz CT molecular complexity index is 150. The van der Waals surface area contributed by atoms with E-state index in [-0.39, 0.29) is 6.29 Å². The molecule has 0 aromatic carbocycles. The summed E-state index contributed by atoms with van der Waals surface area (Å²) in [5, 5.41) is 11.0. The van der Waals surface area contributed by atoms with Crippen LogP contribution in [0.15, 0.2) is 20.1 Å². The summed E-state index contributed by atoms with van der Waals surface area (Å²) in [7, 11) is -1.34. The van der Waals surface area contributed by atoms with E-state index in [9.17, 15) is 0 Å². The third kappa shape index (κ3) is 3.07. The first kappa shape index (κ1) is 6.54. The lowest BCUT2D eigenvalue weighted by Crippen LogP contribution is -2.15. The zero-order chi connectivity index (χ0) is 6.91. The lowest BCUT2D eigenvalue weighted by Gasteiger charge is -2.03. The van der Waals surface area contributed by atoms with Crippen LogP contribution in [0.5, 0.6) is 0 Å². The minimum Gasteiger partial charge on any atom is -0.235 e. The molecule has 0 fully saturated rings. The summed E-state index contributed by atoms with van der Waals surface area (Å²) in [6.45, 7) is 6.37. The second-order valence-electron chi connectivity index (χ2n) is 2.96. The molecule has 4 nitrogen and oxygen atoms in total. The van der Waals surface area contributed by atoms with E-state index in [1.165, 1.54) is 0 Å². The van der Waals surface area contributed by atoms with Gasteiger partial charge in [0.2, 0.25) is 0 Å². The van der Waals surface area contributed by atoms with Crippen LogP contribution in [0.3, 0.4) is 0 Å². The molecule has 50 valence electrons. The number of hydrogen-bond acceptors (Lipinski definition) is 4. The fraction of sp³-hybridized carbons (Fsp3) is 1.00. The Morgan fingerprint density at radius 2 is 1.78 bits per heavy atom. The van der Waals surface area contributed by atoms with Crippen LogP contribution in [0.25, 0.3) is 0 Å². The molecular formula is C4H10N4Si. The molecule has 1 aliphatic heterocycles. The minimum atomic E-state index is -1.34. The molecule has 1 aliphatic rings. The summed E-state index contributed by atoms with van der Waals surface area (Å²) in [5.41, 5.74) is 0. The second kappa shape index (κ2) is 1.98. The predicted octanol–water partition coefficient (Wildman–Crippen LogP) is 2.02. The molecule has 5 heteroatoms. The van der Waals surface area contributed by atoms with Crippen LogP contribution in [0.1, 0.15) is 0 Å². The first-order valence-corrected chi connectivity index (χ1v) is 6.35. The number of rotatable bonds is 2.